The highest BCUT2D eigenvalue weighted by atomic mass is 32.1. The van der Waals surface area contributed by atoms with Crippen LogP contribution in [0.3, 0.4) is 0 Å². The third kappa shape index (κ3) is 3.35. The summed E-state index contributed by atoms with van der Waals surface area (Å²) in [4.78, 5) is 16.7. The Morgan fingerprint density at radius 1 is 1.15 bits per heavy atom. The molecular formula is C21H22N2O2S. The third-order valence-corrected chi connectivity index (χ3v) is 4.74. The molecule has 0 aromatic heterocycles. The lowest BCUT2D eigenvalue weighted by molar-refractivity contribution is -0.119. The first kappa shape index (κ1) is 18.1. The van der Waals surface area contributed by atoms with Crippen molar-refractivity contribution in [2.75, 3.05) is 18.1 Å². The molecule has 1 saturated heterocycles. The summed E-state index contributed by atoms with van der Waals surface area (Å²) in [6.07, 6.45) is 1.77. The van der Waals surface area contributed by atoms with Crippen LogP contribution >= 0.6 is 12.2 Å². The molecule has 0 saturated carbocycles. The summed E-state index contributed by atoms with van der Waals surface area (Å²) < 4.78 is 5.48. The zero-order valence-electron chi connectivity index (χ0n) is 15.0. The van der Waals surface area contributed by atoms with Crippen molar-refractivity contribution in [3.05, 3.63) is 72.3 Å². The van der Waals surface area contributed by atoms with Gasteiger partial charge in [-0.2, -0.15) is 0 Å². The summed E-state index contributed by atoms with van der Waals surface area (Å²) in [7, 11) is 0. The minimum absolute atomic E-state index is 0.0511. The molecule has 1 fully saturated rings. The van der Waals surface area contributed by atoms with Crippen LogP contribution in [-0.4, -0.2) is 29.1 Å². The molecule has 0 bridgehead atoms. The van der Waals surface area contributed by atoms with Crippen molar-refractivity contribution in [3.8, 4) is 5.75 Å². The van der Waals surface area contributed by atoms with E-state index in [9.17, 15) is 4.79 Å². The molecule has 0 N–H and O–H groups in total. The van der Waals surface area contributed by atoms with E-state index in [2.05, 4.69) is 6.58 Å². The second-order valence-corrected chi connectivity index (χ2v) is 6.50. The summed E-state index contributed by atoms with van der Waals surface area (Å²) in [6, 6.07) is 15.0. The van der Waals surface area contributed by atoms with Gasteiger partial charge in [0.15, 0.2) is 5.11 Å². The van der Waals surface area contributed by atoms with Gasteiger partial charge in [0.1, 0.15) is 11.8 Å². The van der Waals surface area contributed by atoms with E-state index >= 15 is 0 Å². The normalized spacial score (nSPS) is 16.9. The van der Waals surface area contributed by atoms with E-state index in [0.717, 1.165) is 22.6 Å². The number of hydrogen-bond acceptors (Lipinski definition) is 3. The average molecular weight is 366 g/mol. The first-order valence-corrected chi connectivity index (χ1v) is 9.02. The topological polar surface area (TPSA) is 32.8 Å². The van der Waals surface area contributed by atoms with E-state index in [-0.39, 0.29) is 5.91 Å². The second-order valence-electron chi connectivity index (χ2n) is 6.14. The van der Waals surface area contributed by atoms with Gasteiger partial charge in [0, 0.05) is 6.54 Å². The van der Waals surface area contributed by atoms with Crippen molar-refractivity contribution >= 4 is 28.9 Å². The van der Waals surface area contributed by atoms with Gasteiger partial charge >= 0.3 is 0 Å². The van der Waals surface area contributed by atoms with Crippen molar-refractivity contribution in [3.63, 3.8) is 0 Å². The van der Waals surface area contributed by atoms with E-state index in [1.165, 1.54) is 0 Å². The Bertz CT molecular complexity index is 815. The Morgan fingerprint density at radius 2 is 1.81 bits per heavy atom. The molecule has 1 unspecified atom stereocenters. The zero-order chi connectivity index (χ0) is 18.7. The first-order valence-electron chi connectivity index (χ1n) is 8.61. The smallest absolute Gasteiger partial charge is 0.260 e. The largest absolute Gasteiger partial charge is 0.494 e. The Labute approximate surface area is 159 Å². The molecule has 1 heterocycles. The predicted octanol–water partition coefficient (Wildman–Crippen LogP) is 4.25. The van der Waals surface area contributed by atoms with Gasteiger partial charge in [0.25, 0.3) is 5.91 Å². The van der Waals surface area contributed by atoms with Crippen LogP contribution < -0.4 is 9.64 Å². The van der Waals surface area contributed by atoms with E-state index in [4.69, 9.17) is 17.0 Å². The van der Waals surface area contributed by atoms with Crippen LogP contribution in [0.4, 0.5) is 5.69 Å². The van der Waals surface area contributed by atoms with E-state index in [0.29, 0.717) is 18.3 Å². The molecule has 0 aliphatic carbocycles. The van der Waals surface area contributed by atoms with E-state index < -0.39 is 6.04 Å². The number of carbonyl (C=O) groups is 1. The van der Waals surface area contributed by atoms with Crippen molar-refractivity contribution in [2.45, 2.75) is 19.9 Å². The van der Waals surface area contributed by atoms with Crippen LogP contribution in [-0.2, 0) is 4.79 Å². The number of anilines is 1. The van der Waals surface area contributed by atoms with Gasteiger partial charge in [-0.25, -0.2) is 0 Å². The van der Waals surface area contributed by atoms with Crippen molar-refractivity contribution in [1.82, 2.24) is 4.90 Å². The number of thiocarbonyl (C=S) groups is 1. The van der Waals surface area contributed by atoms with Crippen LogP contribution in [0.25, 0.3) is 0 Å². The molecule has 3 rings (SSSR count). The van der Waals surface area contributed by atoms with E-state index in [1.807, 2.05) is 67.3 Å². The zero-order valence-corrected chi connectivity index (χ0v) is 15.8. The van der Waals surface area contributed by atoms with Crippen LogP contribution in [0.1, 0.15) is 24.1 Å². The Hall–Kier alpha value is -2.66. The number of aryl methyl sites for hydroxylation is 1. The van der Waals surface area contributed by atoms with Gasteiger partial charge in [-0.15, -0.1) is 6.58 Å². The standard InChI is InChI=1S/C21H22N2O2S/c1-4-14-22-19(16-8-6-15(3)7-9-16)20(24)23(21(22)26)17-10-12-18(13-11-17)25-5-2/h4,6-13,19H,1,5,14H2,2-3H3. The molecule has 26 heavy (non-hydrogen) atoms. The number of hydrogen-bond donors (Lipinski definition) is 0. The highest BCUT2D eigenvalue weighted by Crippen LogP contribution is 2.35. The minimum atomic E-state index is -0.437. The molecule has 2 aromatic carbocycles. The summed E-state index contributed by atoms with van der Waals surface area (Å²) in [5, 5.41) is 0.490. The summed E-state index contributed by atoms with van der Waals surface area (Å²) in [5.41, 5.74) is 2.82. The maximum absolute atomic E-state index is 13.2. The molecule has 134 valence electrons. The predicted molar refractivity (Wildman–Crippen MR) is 109 cm³/mol. The second kappa shape index (κ2) is 7.70. The molecule has 0 spiro atoms. The van der Waals surface area contributed by atoms with Crippen LogP contribution in [0.2, 0.25) is 0 Å². The molecule has 2 aromatic rings. The third-order valence-electron chi connectivity index (χ3n) is 4.33. The summed E-state index contributed by atoms with van der Waals surface area (Å²) in [5.74, 6) is 0.719. The lowest BCUT2D eigenvalue weighted by atomic mass is 10.0. The lowest BCUT2D eigenvalue weighted by Crippen LogP contribution is -2.32. The van der Waals surface area contributed by atoms with Gasteiger partial charge in [-0.1, -0.05) is 35.9 Å². The number of ether oxygens (including phenoxy) is 1. The first-order chi connectivity index (χ1) is 12.6. The monoisotopic (exact) mass is 366 g/mol. The lowest BCUT2D eigenvalue weighted by Gasteiger charge is -2.22. The maximum Gasteiger partial charge on any atom is 0.260 e. The van der Waals surface area contributed by atoms with Crippen molar-refractivity contribution < 1.29 is 9.53 Å². The van der Waals surface area contributed by atoms with E-state index in [1.54, 1.807) is 11.0 Å². The Kier molecular flexibility index (Phi) is 5.38. The number of amides is 1. The highest BCUT2D eigenvalue weighted by Gasteiger charge is 2.43. The molecule has 0 radical (unpaired) electrons. The van der Waals surface area contributed by atoms with Gasteiger partial charge in [0.2, 0.25) is 0 Å². The number of benzene rings is 2. The van der Waals surface area contributed by atoms with Gasteiger partial charge < -0.3 is 9.64 Å². The van der Waals surface area contributed by atoms with Gasteiger partial charge in [0.05, 0.1) is 12.3 Å². The minimum Gasteiger partial charge on any atom is -0.494 e. The quantitative estimate of drug-likeness (QED) is 0.565. The molecule has 1 amide bonds. The fraction of sp³-hybridized carbons (Fsp3) is 0.238. The van der Waals surface area contributed by atoms with Gasteiger partial charge in [-0.3, -0.25) is 9.69 Å². The molecule has 5 heteroatoms. The maximum atomic E-state index is 13.2. The van der Waals surface area contributed by atoms with Gasteiger partial charge in [-0.05, 0) is 55.9 Å². The Balaban J connectivity index is 1.96. The molecule has 4 nitrogen and oxygen atoms in total. The van der Waals surface area contributed by atoms with Crippen LogP contribution in [0.5, 0.6) is 5.75 Å². The molecule has 1 aliphatic rings. The number of rotatable bonds is 6. The number of nitrogens with zero attached hydrogens (tertiary/aromatic N) is 2. The van der Waals surface area contributed by atoms with Crippen LogP contribution in [0, 0.1) is 6.92 Å². The average Bonchev–Trinajstić information content (AvgIpc) is 2.88. The number of carbonyl (C=O) groups excluding carboxylic acids is 1. The fourth-order valence-corrected chi connectivity index (χ4v) is 3.45. The highest BCUT2D eigenvalue weighted by molar-refractivity contribution is 7.80. The fourth-order valence-electron chi connectivity index (χ4n) is 3.08. The van der Waals surface area contributed by atoms with Crippen LogP contribution in [0.15, 0.2) is 61.2 Å². The molecular weight excluding hydrogens is 344 g/mol. The van der Waals surface area contributed by atoms with Crippen molar-refractivity contribution in [2.24, 2.45) is 0 Å². The SMILES string of the molecule is C=CCN1C(=S)N(c2ccc(OCC)cc2)C(=O)C1c1ccc(C)cc1. The molecule has 1 aliphatic heterocycles. The molecule has 1 atom stereocenters. The summed E-state index contributed by atoms with van der Waals surface area (Å²) in [6.45, 7) is 8.88. The Morgan fingerprint density at radius 3 is 2.38 bits per heavy atom. The summed E-state index contributed by atoms with van der Waals surface area (Å²) >= 11 is 5.63. The van der Waals surface area contributed by atoms with Crippen molar-refractivity contribution in [1.29, 1.82) is 0 Å².